The first kappa shape index (κ1) is 30.3. The topological polar surface area (TPSA) is 208 Å². The van der Waals surface area contributed by atoms with Crippen molar-refractivity contribution in [3.8, 4) is 0 Å². The van der Waals surface area contributed by atoms with E-state index < -0.39 is 66.4 Å². The fourth-order valence-electron chi connectivity index (χ4n) is 2.96. The van der Waals surface area contributed by atoms with E-state index in [1.165, 1.54) is 6.92 Å². The van der Waals surface area contributed by atoms with Gasteiger partial charge in [0.05, 0.1) is 6.10 Å². The molecule has 5 atom stereocenters. The van der Waals surface area contributed by atoms with Crippen molar-refractivity contribution < 1.29 is 39.3 Å². The third-order valence-electron chi connectivity index (χ3n) is 4.76. The number of carboxylic acids is 2. The summed E-state index contributed by atoms with van der Waals surface area (Å²) in [5, 5.41) is 35.1. The normalized spacial score (nSPS) is 15.8. The number of nitrogens with two attached hydrogens (primary N) is 1. The van der Waals surface area contributed by atoms with Crippen LogP contribution in [0.1, 0.15) is 60.3 Å². The molecule has 0 aliphatic rings. The summed E-state index contributed by atoms with van der Waals surface area (Å²) in [4.78, 5) is 60.4. The molecule has 33 heavy (non-hydrogen) atoms. The predicted molar refractivity (Wildman–Crippen MR) is 119 cm³/mol. The second-order valence-electron chi connectivity index (χ2n) is 8.98. The molecule has 0 spiro atoms. The number of hydrogen-bond donors (Lipinski definition) is 7. The smallest absolute Gasteiger partial charge is 0.326 e. The molecular formula is C21H38N4O8. The molecule has 0 fully saturated rings. The van der Waals surface area contributed by atoms with Gasteiger partial charge in [0, 0.05) is 6.42 Å². The average molecular weight is 475 g/mol. The number of carbonyl (C=O) groups is 5. The first-order chi connectivity index (χ1) is 15.1. The van der Waals surface area contributed by atoms with Gasteiger partial charge in [-0.25, -0.2) is 4.79 Å². The minimum Gasteiger partial charge on any atom is -0.481 e. The van der Waals surface area contributed by atoms with Crippen molar-refractivity contribution in [2.45, 2.75) is 90.6 Å². The van der Waals surface area contributed by atoms with Gasteiger partial charge in [0.25, 0.3) is 0 Å². The molecule has 5 unspecified atom stereocenters. The van der Waals surface area contributed by atoms with Gasteiger partial charge in [-0.2, -0.15) is 0 Å². The number of aliphatic hydroxyl groups excluding tert-OH is 1. The Morgan fingerprint density at radius 3 is 1.58 bits per heavy atom. The van der Waals surface area contributed by atoms with Crippen molar-refractivity contribution in [2.75, 3.05) is 0 Å². The number of nitrogens with one attached hydrogen (secondary N) is 3. The van der Waals surface area contributed by atoms with Crippen LogP contribution in [0.2, 0.25) is 0 Å². The Bertz CT molecular complexity index is 696. The van der Waals surface area contributed by atoms with Crippen LogP contribution in [0.4, 0.5) is 0 Å². The Hall–Kier alpha value is -2.73. The predicted octanol–water partition coefficient (Wildman–Crippen LogP) is -0.809. The molecule has 3 amide bonds. The number of rotatable bonds is 15. The third kappa shape index (κ3) is 12.2. The average Bonchev–Trinajstić information content (AvgIpc) is 2.67. The van der Waals surface area contributed by atoms with Crippen LogP contribution < -0.4 is 21.7 Å². The number of hydrogen-bond acceptors (Lipinski definition) is 7. The highest BCUT2D eigenvalue weighted by atomic mass is 16.4. The van der Waals surface area contributed by atoms with Gasteiger partial charge in [0.2, 0.25) is 17.7 Å². The zero-order chi connectivity index (χ0) is 25.9. The van der Waals surface area contributed by atoms with E-state index in [2.05, 4.69) is 16.0 Å². The maximum absolute atomic E-state index is 12.9. The van der Waals surface area contributed by atoms with Crippen LogP contribution in [0, 0.1) is 11.8 Å². The van der Waals surface area contributed by atoms with Gasteiger partial charge >= 0.3 is 11.9 Å². The van der Waals surface area contributed by atoms with Crippen LogP contribution in [0.25, 0.3) is 0 Å². The Morgan fingerprint density at radius 2 is 1.15 bits per heavy atom. The summed E-state index contributed by atoms with van der Waals surface area (Å²) in [5.41, 5.74) is 5.61. The molecule has 0 radical (unpaired) electrons. The van der Waals surface area contributed by atoms with Crippen LogP contribution in [0.3, 0.4) is 0 Å². The Balaban J connectivity index is 5.59. The molecule has 0 rings (SSSR count). The summed E-state index contributed by atoms with van der Waals surface area (Å²) in [7, 11) is 0. The lowest BCUT2D eigenvalue weighted by Gasteiger charge is -2.26. The summed E-state index contributed by atoms with van der Waals surface area (Å²) in [6.45, 7) is 8.49. The second kappa shape index (κ2) is 14.4. The zero-order valence-corrected chi connectivity index (χ0v) is 19.8. The number of carbonyl (C=O) groups excluding carboxylic acids is 3. The minimum absolute atomic E-state index is 0.0396. The molecule has 0 saturated carbocycles. The van der Waals surface area contributed by atoms with Crippen LogP contribution >= 0.6 is 0 Å². The number of aliphatic carboxylic acids is 2. The molecule has 0 saturated heterocycles. The summed E-state index contributed by atoms with van der Waals surface area (Å²) >= 11 is 0. The lowest BCUT2D eigenvalue weighted by molar-refractivity contribution is -0.143. The fourth-order valence-corrected chi connectivity index (χ4v) is 2.96. The van der Waals surface area contributed by atoms with Crippen molar-refractivity contribution in [2.24, 2.45) is 17.6 Å². The van der Waals surface area contributed by atoms with Crippen molar-refractivity contribution in [3.63, 3.8) is 0 Å². The zero-order valence-electron chi connectivity index (χ0n) is 19.8. The quantitative estimate of drug-likeness (QED) is 0.158. The number of aliphatic hydroxyl groups is 1. The van der Waals surface area contributed by atoms with E-state index in [0.717, 1.165) is 0 Å². The van der Waals surface area contributed by atoms with E-state index in [1.54, 1.807) is 27.7 Å². The molecule has 0 aromatic carbocycles. The molecule has 0 bridgehead atoms. The van der Waals surface area contributed by atoms with Gasteiger partial charge < -0.3 is 37.0 Å². The van der Waals surface area contributed by atoms with E-state index in [9.17, 15) is 34.2 Å². The lowest BCUT2D eigenvalue weighted by Crippen LogP contribution is -2.58. The van der Waals surface area contributed by atoms with E-state index in [0.29, 0.717) is 0 Å². The number of amides is 3. The Kier molecular flexibility index (Phi) is 13.2. The van der Waals surface area contributed by atoms with Gasteiger partial charge in [0.15, 0.2) is 0 Å². The fraction of sp³-hybridized carbons (Fsp3) is 0.762. The Morgan fingerprint density at radius 1 is 0.727 bits per heavy atom. The van der Waals surface area contributed by atoms with E-state index in [-0.39, 0.29) is 31.1 Å². The standard InChI is InChI=1S/C21H38N4O8/c1-10(2)8-14(24-20(31)17(22)12(5)26)19(30)23-13(6-7-16(27)28)18(29)25-15(21(32)33)9-11(3)4/h10-15,17,26H,6-9,22H2,1-5H3,(H,23,30)(H,24,31)(H,25,29)(H,27,28)(H,32,33). The van der Waals surface area contributed by atoms with Gasteiger partial charge in [0.1, 0.15) is 24.2 Å². The van der Waals surface area contributed by atoms with Crippen molar-refractivity contribution in [3.05, 3.63) is 0 Å². The molecule has 12 nitrogen and oxygen atoms in total. The highest BCUT2D eigenvalue weighted by Crippen LogP contribution is 2.09. The second-order valence-corrected chi connectivity index (χ2v) is 8.98. The van der Waals surface area contributed by atoms with Crippen LogP contribution in [0.5, 0.6) is 0 Å². The van der Waals surface area contributed by atoms with Gasteiger partial charge in [-0.15, -0.1) is 0 Å². The molecule has 8 N–H and O–H groups in total. The first-order valence-electron chi connectivity index (χ1n) is 10.9. The molecule has 0 heterocycles. The van der Waals surface area contributed by atoms with Crippen molar-refractivity contribution in [1.29, 1.82) is 0 Å². The van der Waals surface area contributed by atoms with Crippen LogP contribution in [-0.4, -0.2) is 75.3 Å². The molecule has 190 valence electrons. The molecular weight excluding hydrogens is 436 g/mol. The summed E-state index contributed by atoms with van der Waals surface area (Å²) in [6.07, 6.45) is -1.56. The van der Waals surface area contributed by atoms with E-state index in [1.807, 2.05) is 0 Å². The van der Waals surface area contributed by atoms with Crippen molar-refractivity contribution >= 4 is 29.7 Å². The molecule has 12 heteroatoms. The summed E-state index contributed by atoms with van der Waals surface area (Å²) < 4.78 is 0. The highest BCUT2D eigenvalue weighted by molar-refractivity contribution is 5.94. The lowest BCUT2D eigenvalue weighted by atomic mass is 10.0. The van der Waals surface area contributed by atoms with Gasteiger partial charge in [-0.1, -0.05) is 27.7 Å². The van der Waals surface area contributed by atoms with Crippen LogP contribution in [0.15, 0.2) is 0 Å². The maximum atomic E-state index is 12.9. The molecule has 0 aromatic heterocycles. The van der Waals surface area contributed by atoms with Crippen LogP contribution in [-0.2, 0) is 24.0 Å². The Labute approximate surface area is 193 Å². The molecule has 0 aromatic rings. The minimum atomic E-state index is -1.33. The monoisotopic (exact) mass is 474 g/mol. The molecule has 0 aliphatic heterocycles. The maximum Gasteiger partial charge on any atom is 0.326 e. The van der Waals surface area contributed by atoms with Gasteiger partial charge in [-0.05, 0) is 38.0 Å². The van der Waals surface area contributed by atoms with Crippen molar-refractivity contribution in [1.82, 2.24) is 16.0 Å². The van der Waals surface area contributed by atoms with E-state index >= 15 is 0 Å². The third-order valence-corrected chi connectivity index (χ3v) is 4.76. The van der Waals surface area contributed by atoms with Gasteiger partial charge in [-0.3, -0.25) is 19.2 Å². The number of carboxylic acid groups (broad SMARTS) is 2. The summed E-state index contributed by atoms with van der Waals surface area (Å²) in [5.74, 6) is -4.89. The SMILES string of the molecule is CC(C)CC(NC(=O)C(CCC(=O)O)NC(=O)C(CC(C)C)NC(=O)C(N)C(C)O)C(=O)O. The first-order valence-corrected chi connectivity index (χ1v) is 10.9. The highest BCUT2D eigenvalue weighted by Gasteiger charge is 2.31. The summed E-state index contributed by atoms with van der Waals surface area (Å²) in [6, 6.07) is -4.92. The largest absolute Gasteiger partial charge is 0.481 e. The van der Waals surface area contributed by atoms with E-state index in [4.69, 9.17) is 10.8 Å². The molecule has 0 aliphatic carbocycles.